The van der Waals surface area contributed by atoms with E-state index in [0.29, 0.717) is 0 Å². The van der Waals surface area contributed by atoms with Crippen molar-refractivity contribution >= 4 is 26.9 Å². The summed E-state index contributed by atoms with van der Waals surface area (Å²) in [5, 5.41) is 1.47. The Labute approximate surface area is 142 Å². The van der Waals surface area contributed by atoms with E-state index < -0.39 is 16.1 Å². The predicted molar refractivity (Wildman–Crippen MR) is 106 cm³/mol. The monoisotopic (exact) mass is 342 g/mol. The van der Waals surface area contributed by atoms with Crippen molar-refractivity contribution in [3.63, 3.8) is 0 Å². The highest BCUT2D eigenvalue weighted by molar-refractivity contribution is 6.89. The number of hydrogen-bond acceptors (Lipinski definition) is 0. The van der Waals surface area contributed by atoms with Crippen molar-refractivity contribution in [3.05, 3.63) is 71.2 Å². The van der Waals surface area contributed by atoms with Crippen LogP contribution < -0.4 is 5.19 Å². The zero-order valence-corrected chi connectivity index (χ0v) is 17.1. The van der Waals surface area contributed by atoms with Gasteiger partial charge in [0.2, 0.25) is 0 Å². The Hall–Kier alpha value is -1.46. The van der Waals surface area contributed by atoms with Crippen molar-refractivity contribution in [3.8, 4) is 0 Å². The molecule has 0 N–H and O–H groups in total. The lowest BCUT2D eigenvalue weighted by Crippen LogP contribution is -2.40. The van der Waals surface area contributed by atoms with Crippen LogP contribution in [0.5, 0.6) is 0 Å². The van der Waals surface area contributed by atoms with Crippen molar-refractivity contribution in [2.75, 3.05) is 0 Å². The van der Waals surface area contributed by atoms with Gasteiger partial charge in [0, 0.05) is 0 Å². The van der Waals surface area contributed by atoms with E-state index in [2.05, 4.69) is 69.2 Å². The molecule has 0 saturated heterocycles. The normalized spacial score (nSPS) is 13.3. The van der Waals surface area contributed by atoms with Crippen molar-refractivity contribution < 1.29 is 4.39 Å². The van der Waals surface area contributed by atoms with E-state index in [9.17, 15) is 4.39 Å². The minimum atomic E-state index is -1.46. The summed E-state index contributed by atoms with van der Waals surface area (Å²) in [5.74, 6) is -0.181. The van der Waals surface area contributed by atoms with Gasteiger partial charge in [-0.1, -0.05) is 86.6 Å². The molecule has 2 rings (SSSR count). The Bertz CT molecular complexity index is 702. The average Bonchev–Trinajstić information content (AvgIpc) is 2.44. The van der Waals surface area contributed by atoms with Gasteiger partial charge in [0.05, 0.1) is 16.1 Å². The first-order chi connectivity index (χ1) is 10.6. The van der Waals surface area contributed by atoms with Crippen molar-refractivity contribution in [1.82, 2.24) is 0 Å². The van der Waals surface area contributed by atoms with E-state index >= 15 is 0 Å². The molecule has 0 aromatic heterocycles. The topological polar surface area (TPSA) is 0 Å². The van der Waals surface area contributed by atoms with Gasteiger partial charge in [-0.2, -0.15) is 0 Å². The van der Waals surface area contributed by atoms with Crippen LogP contribution >= 0.6 is 0 Å². The Morgan fingerprint density at radius 1 is 0.826 bits per heavy atom. The summed E-state index contributed by atoms with van der Waals surface area (Å²) in [6.45, 7) is 14.2. The highest BCUT2D eigenvalue weighted by Crippen LogP contribution is 2.26. The highest BCUT2D eigenvalue weighted by Gasteiger charge is 2.23. The third-order valence-corrected chi connectivity index (χ3v) is 6.96. The summed E-state index contributed by atoms with van der Waals surface area (Å²) in [4.78, 5) is 0. The van der Waals surface area contributed by atoms with Gasteiger partial charge >= 0.3 is 0 Å². The van der Waals surface area contributed by atoms with Crippen LogP contribution in [0.3, 0.4) is 0 Å². The molecule has 0 unspecified atom stereocenters. The smallest absolute Gasteiger partial charge is 0.123 e. The van der Waals surface area contributed by atoms with Gasteiger partial charge in [0.1, 0.15) is 5.82 Å². The van der Waals surface area contributed by atoms with E-state index in [1.807, 2.05) is 12.1 Å². The molecular weight excluding hydrogens is 315 g/mol. The van der Waals surface area contributed by atoms with E-state index in [1.54, 1.807) is 12.1 Å². The lowest BCUT2D eigenvalue weighted by Gasteiger charge is -2.24. The minimum Gasteiger partial charge on any atom is -0.207 e. The van der Waals surface area contributed by atoms with Gasteiger partial charge in [-0.05, 0) is 28.8 Å². The van der Waals surface area contributed by atoms with Gasteiger partial charge in [-0.25, -0.2) is 4.39 Å². The molecule has 0 radical (unpaired) electrons. The molecule has 0 fully saturated rings. The maximum Gasteiger partial charge on any atom is 0.123 e. The molecule has 3 heteroatoms. The number of benzene rings is 2. The number of rotatable bonds is 4. The van der Waals surface area contributed by atoms with Crippen LogP contribution in [0.25, 0.3) is 5.57 Å². The molecule has 0 saturated carbocycles. The molecule has 122 valence electrons. The van der Waals surface area contributed by atoms with Gasteiger partial charge < -0.3 is 0 Å². The molecular formula is C20H27FSi2. The van der Waals surface area contributed by atoms with Crippen LogP contribution in [0.15, 0.2) is 54.2 Å². The van der Waals surface area contributed by atoms with Crippen molar-refractivity contribution in [2.45, 2.75) is 39.3 Å². The van der Waals surface area contributed by atoms with Gasteiger partial charge in [-0.15, -0.1) is 0 Å². The summed E-state index contributed by atoms with van der Waals surface area (Å²) in [6, 6.07) is 15.7. The first kappa shape index (κ1) is 17.9. The maximum atomic E-state index is 13.4. The third-order valence-electron chi connectivity index (χ3n) is 3.76. The molecule has 0 aliphatic rings. The summed E-state index contributed by atoms with van der Waals surface area (Å²) >= 11 is 0. The molecule has 0 aliphatic carbocycles. The highest BCUT2D eigenvalue weighted by atomic mass is 28.3. The fourth-order valence-electron chi connectivity index (χ4n) is 2.75. The van der Waals surface area contributed by atoms with E-state index in [4.69, 9.17) is 0 Å². The first-order valence-electron chi connectivity index (χ1n) is 8.17. The van der Waals surface area contributed by atoms with Crippen LogP contribution in [0.2, 0.25) is 39.3 Å². The van der Waals surface area contributed by atoms with Gasteiger partial charge in [0.15, 0.2) is 0 Å². The number of halogens is 1. The molecule has 0 nitrogen and oxygen atoms in total. The maximum absolute atomic E-state index is 13.4. The fourth-order valence-corrected chi connectivity index (χ4v) is 5.56. The molecule has 2 aromatic rings. The lowest BCUT2D eigenvalue weighted by molar-refractivity contribution is 0.627. The molecule has 0 spiro atoms. The second-order valence-electron chi connectivity index (χ2n) is 8.23. The Kier molecular flexibility index (Phi) is 5.12. The summed E-state index contributed by atoms with van der Waals surface area (Å²) in [5.41, 5.74) is 6.14. The zero-order chi connectivity index (χ0) is 17.3. The average molecular weight is 343 g/mol. The largest absolute Gasteiger partial charge is 0.207 e. The molecule has 23 heavy (non-hydrogen) atoms. The molecule has 2 aromatic carbocycles. The van der Waals surface area contributed by atoms with Gasteiger partial charge in [-0.3, -0.25) is 0 Å². The summed E-state index contributed by atoms with van der Waals surface area (Å²) in [6.07, 6.45) is 0. The minimum absolute atomic E-state index is 0.181. The van der Waals surface area contributed by atoms with Crippen LogP contribution in [-0.2, 0) is 0 Å². The lowest BCUT2D eigenvalue weighted by atomic mass is 9.99. The molecule has 0 aliphatic heterocycles. The van der Waals surface area contributed by atoms with E-state index in [1.165, 1.54) is 16.3 Å². The quantitative estimate of drug-likeness (QED) is 0.627. The van der Waals surface area contributed by atoms with E-state index in [-0.39, 0.29) is 5.82 Å². The molecule has 0 heterocycles. The number of hydrogen-bond donors (Lipinski definition) is 0. The Balaban J connectivity index is 2.70. The predicted octanol–water partition coefficient (Wildman–Crippen LogP) is 5.68. The van der Waals surface area contributed by atoms with Crippen LogP contribution in [0.4, 0.5) is 4.39 Å². The fraction of sp³-hybridized carbons (Fsp3) is 0.300. The summed E-state index contributed by atoms with van der Waals surface area (Å²) < 4.78 is 13.4. The third kappa shape index (κ3) is 4.76. The Morgan fingerprint density at radius 3 is 1.91 bits per heavy atom. The zero-order valence-electron chi connectivity index (χ0n) is 15.1. The molecule has 0 bridgehead atoms. The van der Waals surface area contributed by atoms with Gasteiger partial charge in [0.25, 0.3) is 0 Å². The second kappa shape index (κ2) is 6.58. The standard InChI is InChI=1S/C20H27FSi2/c1-22(2,3)15-19(16-11-13-17(21)14-12-16)18-9-7-8-10-20(18)23(4,5)6/h7-15H,1-6H3. The van der Waals surface area contributed by atoms with Crippen LogP contribution in [0, 0.1) is 5.82 Å². The van der Waals surface area contributed by atoms with Crippen molar-refractivity contribution in [1.29, 1.82) is 0 Å². The SMILES string of the molecule is C[Si](C)(C)C=C(c1ccc(F)cc1)c1ccccc1[Si](C)(C)C. The van der Waals surface area contributed by atoms with E-state index in [0.717, 1.165) is 5.56 Å². The molecule has 0 amide bonds. The van der Waals surface area contributed by atoms with Crippen LogP contribution in [-0.4, -0.2) is 16.1 Å². The summed E-state index contributed by atoms with van der Waals surface area (Å²) in [7, 11) is -2.88. The first-order valence-corrected chi connectivity index (χ1v) is 15.2. The second-order valence-corrected chi connectivity index (χ2v) is 18.3. The van der Waals surface area contributed by atoms with Crippen molar-refractivity contribution in [2.24, 2.45) is 0 Å². The Morgan fingerprint density at radius 2 is 1.39 bits per heavy atom. The molecule has 0 atom stereocenters. The van der Waals surface area contributed by atoms with Crippen LogP contribution in [0.1, 0.15) is 11.1 Å².